The lowest BCUT2D eigenvalue weighted by molar-refractivity contribution is 0.119. The number of amides is 2. The summed E-state index contributed by atoms with van der Waals surface area (Å²) in [6.07, 6.45) is 5.22. The number of hydrogen-bond donors (Lipinski definition) is 1. The van der Waals surface area contributed by atoms with Gasteiger partial charge in [-0.05, 0) is 43.0 Å². The largest absolute Gasteiger partial charge is 0.467 e. The molecule has 5 heteroatoms. The molecule has 0 saturated carbocycles. The van der Waals surface area contributed by atoms with E-state index in [2.05, 4.69) is 12.2 Å². The molecule has 3 rings (SSSR count). The van der Waals surface area contributed by atoms with Gasteiger partial charge in [-0.25, -0.2) is 4.79 Å². The summed E-state index contributed by atoms with van der Waals surface area (Å²) in [5.41, 5.74) is 0. The molecule has 2 unspecified atom stereocenters. The molecule has 1 aliphatic heterocycles. The van der Waals surface area contributed by atoms with E-state index in [0.717, 1.165) is 30.9 Å². The highest BCUT2D eigenvalue weighted by atomic mass is 16.3. The highest BCUT2D eigenvalue weighted by Gasteiger charge is 2.32. The molecule has 0 aromatic carbocycles. The number of likely N-dealkylation sites (tertiary alicyclic amines) is 1. The molecule has 1 fully saturated rings. The molecule has 2 aromatic rings. The first-order chi connectivity index (χ1) is 10.2. The second kappa shape index (κ2) is 6.08. The molecule has 112 valence electrons. The van der Waals surface area contributed by atoms with E-state index in [-0.39, 0.29) is 12.1 Å². The minimum atomic E-state index is -0.0697. The van der Waals surface area contributed by atoms with Crippen molar-refractivity contribution in [2.45, 2.75) is 32.4 Å². The Labute approximate surface area is 123 Å². The monoisotopic (exact) mass is 288 g/mol. The van der Waals surface area contributed by atoms with Crippen LogP contribution in [-0.2, 0) is 6.54 Å². The Morgan fingerprint density at radius 1 is 1.33 bits per heavy atom. The number of rotatable bonds is 3. The molecule has 1 N–H and O–H groups in total. The minimum Gasteiger partial charge on any atom is -0.467 e. The molecule has 5 nitrogen and oxygen atoms in total. The summed E-state index contributed by atoms with van der Waals surface area (Å²) in [5, 5.41) is 2.91. The molecule has 1 aliphatic rings. The molecule has 0 bridgehead atoms. The number of nitrogens with one attached hydrogen (secondary N) is 1. The Hall–Kier alpha value is -2.17. The molecule has 1 saturated heterocycles. The molecule has 2 aromatic heterocycles. The van der Waals surface area contributed by atoms with Gasteiger partial charge in [0, 0.05) is 6.54 Å². The Morgan fingerprint density at radius 2 is 2.14 bits per heavy atom. The zero-order valence-electron chi connectivity index (χ0n) is 12.1. The van der Waals surface area contributed by atoms with Gasteiger partial charge in [0.15, 0.2) is 0 Å². The second-order valence-electron chi connectivity index (χ2n) is 5.59. The highest BCUT2D eigenvalue weighted by molar-refractivity contribution is 5.74. The quantitative estimate of drug-likeness (QED) is 0.939. The van der Waals surface area contributed by atoms with Crippen LogP contribution in [0, 0.1) is 5.92 Å². The third kappa shape index (κ3) is 3.12. The van der Waals surface area contributed by atoms with Crippen molar-refractivity contribution in [1.29, 1.82) is 0 Å². The van der Waals surface area contributed by atoms with Crippen molar-refractivity contribution >= 4 is 6.03 Å². The summed E-state index contributed by atoms with van der Waals surface area (Å²) in [6, 6.07) is 7.42. The molecule has 2 amide bonds. The van der Waals surface area contributed by atoms with Gasteiger partial charge < -0.3 is 19.1 Å². The van der Waals surface area contributed by atoms with E-state index in [1.165, 1.54) is 0 Å². The molecule has 2 atom stereocenters. The lowest BCUT2D eigenvalue weighted by Crippen LogP contribution is -2.45. The summed E-state index contributed by atoms with van der Waals surface area (Å²) in [5.74, 6) is 2.20. The third-order valence-electron chi connectivity index (χ3n) is 3.99. The van der Waals surface area contributed by atoms with Crippen molar-refractivity contribution in [2.75, 3.05) is 6.54 Å². The number of piperidine rings is 1. The van der Waals surface area contributed by atoms with Gasteiger partial charge >= 0.3 is 6.03 Å². The SMILES string of the molecule is CC1CCN(C(=O)NCc2ccco2)C(c2ccco2)C1. The van der Waals surface area contributed by atoms with Crippen LogP contribution in [-0.4, -0.2) is 17.5 Å². The molecule has 0 spiro atoms. The van der Waals surface area contributed by atoms with Crippen LogP contribution in [0.5, 0.6) is 0 Å². The van der Waals surface area contributed by atoms with E-state index in [0.29, 0.717) is 12.5 Å². The Balaban J connectivity index is 1.67. The lowest BCUT2D eigenvalue weighted by atomic mass is 9.91. The fourth-order valence-electron chi connectivity index (χ4n) is 2.81. The first-order valence-electron chi connectivity index (χ1n) is 7.34. The first-order valence-corrected chi connectivity index (χ1v) is 7.34. The van der Waals surface area contributed by atoms with Gasteiger partial charge in [0.1, 0.15) is 11.5 Å². The molecule has 3 heterocycles. The van der Waals surface area contributed by atoms with Crippen LogP contribution < -0.4 is 5.32 Å². The normalized spacial score (nSPS) is 22.2. The Kier molecular flexibility index (Phi) is 3.99. The number of hydrogen-bond acceptors (Lipinski definition) is 3. The minimum absolute atomic E-state index is 0.0142. The molecule has 21 heavy (non-hydrogen) atoms. The van der Waals surface area contributed by atoms with Crippen molar-refractivity contribution in [3.05, 3.63) is 48.3 Å². The average molecular weight is 288 g/mol. The van der Waals surface area contributed by atoms with E-state index in [1.807, 2.05) is 29.2 Å². The van der Waals surface area contributed by atoms with E-state index < -0.39 is 0 Å². The van der Waals surface area contributed by atoms with E-state index >= 15 is 0 Å². The summed E-state index contributed by atoms with van der Waals surface area (Å²) in [6.45, 7) is 3.37. The van der Waals surface area contributed by atoms with E-state index in [9.17, 15) is 4.79 Å². The highest BCUT2D eigenvalue weighted by Crippen LogP contribution is 2.34. The number of nitrogens with zero attached hydrogens (tertiary/aromatic N) is 1. The van der Waals surface area contributed by atoms with Crippen LogP contribution in [0.3, 0.4) is 0 Å². The van der Waals surface area contributed by atoms with Gasteiger partial charge in [-0.1, -0.05) is 6.92 Å². The predicted molar refractivity (Wildman–Crippen MR) is 77.5 cm³/mol. The summed E-state index contributed by atoms with van der Waals surface area (Å²) in [4.78, 5) is 14.3. The zero-order chi connectivity index (χ0) is 14.7. The lowest BCUT2D eigenvalue weighted by Gasteiger charge is -2.37. The number of carbonyl (C=O) groups is 1. The van der Waals surface area contributed by atoms with Crippen LogP contribution in [0.15, 0.2) is 45.6 Å². The number of urea groups is 1. The average Bonchev–Trinajstić information content (AvgIpc) is 3.18. The fraction of sp³-hybridized carbons (Fsp3) is 0.438. The first kappa shape index (κ1) is 13.8. The third-order valence-corrected chi connectivity index (χ3v) is 3.99. The van der Waals surface area contributed by atoms with Crippen LogP contribution in [0.4, 0.5) is 4.79 Å². The van der Waals surface area contributed by atoms with Crippen LogP contribution in [0.2, 0.25) is 0 Å². The van der Waals surface area contributed by atoms with Gasteiger partial charge in [-0.3, -0.25) is 0 Å². The zero-order valence-corrected chi connectivity index (χ0v) is 12.1. The van der Waals surface area contributed by atoms with Gasteiger partial charge in [0.25, 0.3) is 0 Å². The van der Waals surface area contributed by atoms with Crippen LogP contribution in [0.1, 0.15) is 37.3 Å². The van der Waals surface area contributed by atoms with Gasteiger partial charge in [0.05, 0.1) is 25.1 Å². The Bertz CT molecular complexity index is 562. The maximum Gasteiger partial charge on any atom is 0.318 e. The fourth-order valence-corrected chi connectivity index (χ4v) is 2.81. The van der Waals surface area contributed by atoms with Crippen molar-refractivity contribution in [2.24, 2.45) is 5.92 Å². The van der Waals surface area contributed by atoms with E-state index in [4.69, 9.17) is 8.83 Å². The van der Waals surface area contributed by atoms with Crippen molar-refractivity contribution in [3.63, 3.8) is 0 Å². The Morgan fingerprint density at radius 3 is 2.86 bits per heavy atom. The van der Waals surface area contributed by atoms with E-state index in [1.54, 1.807) is 12.5 Å². The molecule has 0 aliphatic carbocycles. The molecular weight excluding hydrogens is 268 g/mol. The van der Waals surface area contributed by atoms with Gasteiger partial charge in [0.2, 0.25) is 0 Å². The van der Waals surface area contributed by atoms with Gasteiger partial charge in [-0.15, -0.1) is 0 Å². The smallest absolute Gasteiger partial charge is 0.318 e. The predicted octanol–water partition coefficient (Wildman–Crippen LogP) is 3.56. The second-order valence-corrected chi connectivity index (χ2v) is 5.59. The van der Waals surface area contributed by atoms with Gasteiger partial charge in [-0.2, -0.15) is 0 Å². The van der Waals surface area contributed by atoms with Crippen LogP contribution in [0.25, 0.3) is 0 Å². The number of carbonyl (C=O) groups excluding carboxylic acids is 1. The maximum atomic E-state index is 12.4. The topological polar surface area (TPSA) is 58.6 Å². The van der Waals surface area contributed by atoms with Crippen LogP contribution >= 0.6 is 0 Å². The maximum absolute atomic E-state index is 12.4. The molecular formula is C16H20N2O3. The summed E-state index contributed by atoms with van der Waals surface area (Å²) >= 11 is 0. The standard InChI is InChI=1S/C16H20N2O3/c1-12-6-7-18(14(10-12)15-5-3-9-21-15)16(19)17-11-13-4-2-8-20-13/h2-5,8-9,12,14H,6-7,10-11H2,1H3,(H,17,19). The molecule has 0 radical (unpaired) electrons. The summed E-state index contributed by atoms with van der Waals surface area (Å²) < 4.78 is 10.7. The number of furan rings is 2. The van der Waals surface area contributed by atoms with Crippen molar-refractivity contribution in [1.82, 2.24) is 10.2 Å². The van der Waals surface area contributed by atoms with Crippen molar-refractivity contribution < 1.29 is 13.6 Å². The van der Waals surface area contributed by atoms with Crippen molar-refractivity contribution in [3.8, 4) is 0 Å². The summed E-state index contributed by atoms with van der Waals surface area (Å²) in [7, 11) is 0.